The summed E-state index contributed by atoms with van der Waals surface area (Å²) in [6.07, 6.45) is -4.66. The van der Waals surface area contributed by atoms with Gasteiger partial charge in [-0.15, -0.1) is 12.4 Å². The number of halogens is 7. The second kappa shape index (κ2) is 7.77. The van der Waals surface area contributed by atoms with Crippen LogP contribution in [0.25, 0.3) is 0 Å². The van der Waals surface area contributed by atoms with E-state index in [0.717, 1.165) is 0 Å². The third kappa shape index (κ3) is 4.22. The molecule has 1 aliphatic heterocycles. The minimum atomic E-state index is -4.66. The van der Waals surface area contributed by atoms with E-state index >= 15 is 0 Å². The van der Waals surface area contributed by atoms with Gasteiger partial charge in [0.1, 0.15) is 12.5 Å². The Bertz CT molecular complexity index is 504. The van der Waals surface area contributed by atoms with E-state index in [1.54, 1.807) is 4.90 Å². The van der Waals surface area contributed by atoms with Crippen molar-refractivity contribution >= 4 is 24.0 Å². The molecule has 0 radical (unpaired) electrons. The van der Waals surface area contributed by atoms with Crippen LogP contribution in [-0.4, -0.2) is 37.8 Å². The fraction of sp³-hybridized carbons (Fsp3) is 0.538. The molecule has 126 valence electrons. The number of benzene rings is 1. The normalized spacial score (nSPS) is 17.9. The molecule has 1 N–H and O–H groups in total. The Morgan fingerprint density at radius 1 is 1.23 bits per heavy atom. The van der Waals surface area contributed by atoms with Crippen LogP contribution < -0.4 is 5.32 Å². The van der Waals surface area contributed by atoms with E-state index in [4.69, 9.17) is 11.6 Å². The first kappa shape index (κ1) is 19.4. The van der Waals surface area contributed by atoms with Crippen molar-refractivity contribution < 1.29 is 22.0 Å². The van der Waals surface area contributed by atoms with E-state index in [1.165, 1.54) is 0 Å². The Hall–Kier alpha value is -0.630. The van der Waals surface area contributed by atoms with Crippen molar-refractivity contribution in [1.82, 2.24) is 10.2 Å². The van der Waals surface area contributed by atoms with Crippen molar-refractivity contribution in [1.29, 1.82) is 0 Å². The van der Waals surface area contributed by atoms with Gasteiger partial charge in [0.25, 0.3) is 0 Å². The molecule has 0 amide bonds. The van der Waals surface area contributed by atoms with Gasteiger partial charge in [0.2, 0.25) is 0 Å². The van der Waals surface area contributed by atoms with Crippen molar-refractivity contribution in [3.05, 3.63) is 34.1 Å². The first-order valence-electron chi connectivity index (χ1n) is 6.41. The predicted molar refractivity (Wildman–Crippen MR) is 76.8 cm³/mol. The molecule has 1 atom stereocenters. The number of hydrogen-bond acceptors (Lipinski definition) is 2. The van der Waals surface area contributed by atoms with Gasteiger partial charge in [-0.3, -0.25) is 4.90 Å². The summed E-state index contributed by atoms with van der Waals surface area (Å²) < 4.78 is 65.7. The van der Waals surface area contributed by atoms with E-state index in [1.807, 2.05) is 0 Å². The number of nitrogens with one attached hydrogen (secondary N) is 1. The third-order valence-corrected chi connectivity index (χ3v) is 3.76. The van der Waals surface area contributed by atoms with Crippen molar-refractivity contribution in [2.45, 2.75) is 12.2 Å². The highest BCUT2D eigenvalue weighted by Crippen LogP contribution is 2.36. The van der Waals surface area contributed by atoms with Crippen LogP contribution >= 0.6 is 24.0 Å². The van der Waals surface area contributed by atoms with Crippen LogP contribution in [0.3, 0.4) is 0 Å². The molecule has 1 heterocycles. The van der Waals surface area contributed by atoms with E-state index in [-0.39, 0.29) is 18.0 Å². The largest absolute Gasteiger partial charge is 0.416 e. The van der Waals surface area contributed by atoms with Gasteiger partial charge in [0, 0.05) is 31.7 Å². The predicted octanol–water partition coefficient (Wildman–Crippen LogP) is 3.84. The van der Waals surface area contributed by atoms with Crippen molar-refractivity contribution in [2.24, 2.45) is 0 Å². The van der Waals surface area contributed by atoms with Crippen LogP contribution in [0.2, 0.25) is 5.02 Å². The molecule has 1 fully saturated rings. The lowest BCUT2D eigenvalue weighted by Gasteiger charge is -2.34. The van der Waals surface area contributed by atoms with Crippen LogP contribution in [0.1, 0.15) is 17.2 Å². The lowest BCUT2D eigenvalue weighted by Crippen LogP contribution is -2.46. The van der Waals surface area contributed by atoms with Crippen molar-refractivity contribution in [3.8, 4) is 0 Å². The van der Waals surface area contributed by atoms with Crippen molar-refractivity contribution in [3.63, 3.8) is 0 Å². The Labute approximate surface area is 136 Å². The second-order valence-electron chi connectivity index (χ2n) is 4.82. The van der Waals surface area contributed by atoms with Crippen LogP contribution in [0.15, 0.2) is 12.1 Å². The Morgan fingerprint density at radius 3 is 2.32 bits per heavy atom. The van der Waals surface area contributed by atoms with E-state index < -0.39 is 35.3 Å². The molecular weight excluding hydrogens is 350 g/mol. The highest BCUT2D eigenvalue weighted by Gasteiger charge is 2.34. The van der Waals surface area contributed by atoms with Crippen LogP contribution in [0.5, 0.6) is 0 Å². The van der Waals surface area contributed by atoms with Gasteiger partial charge in [-0.1, -0.05) is 11.6 Å². The van der Waals surface area contributed by atoms with Gasteiger partial charge in [-0.25, -0.2) is 8.78 Å². The zero-order valence-electron chi connectivity index (χ0n) is 11.4. The summed E-state index contributed by atoms with van der Waals surface area (Å²) in [6.45, 7) is 1.04. The molecule has 2 nitrogen and oxygen atoms in total. The molecular formula is C13H15Cl2F5N2. The average molecular weight is 365 g/mol. The van der Waals surface area contributed by atoms with E-state index in [0.29, 0.717) is 38.3 Å². The van der Waals surface area contributed by atoms with Gasteiger partial charge in [-0.2, -0.15) is 13.2 Å². The smallest absolute Gasteiger partial charge is 0.314 e. The molecule has 9 heteroatoms. The van der Waals surface area contributed by atoms with Crippen molar-refractivity contribution in [2.75, 3.05) is 32.9 Å². The van der Waals surface area contributed by atoms with Crippen LogP contribution in [0, 0.1) is 5.82 Å². The van der Waals surface area contributed by atoms with Gasteiger partial charge < -0.3 is 5.32 Å². The summed E-state index contributed by atoms with van der Waals surface area (Å²) in [5.74, 6) is -0.995. The average Bonchev–Trinajstić information content (AvgIpc) is 2.44. The minimum absolute atomic E-state index is 0. The molecule has 1 aromatic rings. The molecule has 0 aliphatic carbocycles. The van der Waals surface area contributed by atoms with E-state index in [2.05, 4.69) is 5.32 Å². The zero-order chi connectivity index (χ0) is 15.6. The topological polar surface area (TPSA) is 15.3 Å². The van der Waals surface area contributed by atoms with Crippen LogP contribution in [0.4, 0.5) is 22.0 Å². The Kier molecular flexibility index (Phi) is 6.85. The molecule has 0 aromatic heterocycles. The number of nitrogens with zero attached hydrogens (tertiary/aromatic N) is 1. The van der Waals surface area contributed by atoms with Gasteiger partial charge in [0.15, 0.2) is 0 Å². The number of hydrogen-bond donors (Lipinski definition) is 1. The molecule has 0 spiro atoms. The molecule has 0 saturated carbocycles. The molecule has 1 aliphatic rings. The van der Waals surface area contributed by atoms with Gasteiger partial charge in [-0.05, 0) is 12.1 Å². The number of alkyl halides is 4. The second-order valence-corrected chi connectivity index (χ2v) is 5.22. The van der Waals surface area contributed by atoms with Gasteiger partial charge in [0.05, 0.1) is 16.6 Å². The fourth-order valence-electron chi connectivity index (χ4n) is 2.39. The highest BCUT2D eigenvalue weighted by molar-refractivity contribution is 6.30. The highest BCUT2D eigenvalue weighted by atomic mass is 35.5. The Balaban J connectivity index is 0.00000242. The molecule has 2 rings (SSSR count). The monoisotopic (exact) mass is 364 g/mol. The maximum absolute atomic E-state index is 14.1. The summed E-state index contributed by atoms with van der Waals surface area (Å²) in [4.78, 5) is 1.62. The quantitative estimate of drug-likeness (QED) is 0.819. The number of piperazine rings is 1. The molecule has 1 aromatic carbocycles. The zero-order valence-corrected chi connectivity index (χ0v) is 13.0. The molecule has 1 saturated heterocycles. The molecule has 22 heavy (non-hydrogen) atoms. The summed E-state index contributed by atoms with van der Waals surface area (Å²) in [5.41, 5.74) is -1.42. The molecule has 0 unspecified atom stereocenters. The van der Waals surface area contributed by atoms with E-state index in [9.17, 15) is 22.0 Å². The summed E-state index contributed by atoms with van der Waals surface area (Å²) >= 11 is 5.54. The fourth-order valence-corrected chi connectivity index (χ4v) is 2.61. The van der Waals surface area contributed by atoms with Crippen LogP contribution in [-0.2, 0) is 6.18 Å². The summed E-state index contributed by atoms with van der Waals surface area (Å²) in [5, 5.41) is 2.40. The van der Waals surface area contributed by atoms with Gasteiger partial charge >= 0.3 is 6.18 Å². The summed E-state index contributed by atoms with van der Waals surface area (Å²) in [6, 6.07) is 0.105. The minimum Gasteiger partial charge on any atom is -0.314 e. The Morgan fingerprint density at radius 2 is 1.82 bits per heavy atom. The maximum Gasteiger partial charge on any atom is 0.416 e. The number of rotatable bonds is 3. The summed E-state index contributed by atoms with van der Waals surface area (Å²) in [7, 11) is 0. The lowest BCUT2D eigenvalue weighted by atomic mass is 10.0. The SMILES string of the molecule is Cl.FC[C@H](c1cc(C(F)(F)F)cc(Cl)c1F)N1CCNCC1. The first-order chi connectivity index (χ1) is 9.84. The molecule has 0 bridgehead atoms. The standard InChI is InChI=1S/C13H14ClF5N2.ClH/c14-10-6-8(13(17,18)19)5-9(12(10)16)11(7-15)21-3-1-20-2-4-21;/h5-6,11,20H,1-4,7H2;1H/t11-;/m1./s1. The first-order valence-corrected chi connectivity index (χ1v) is 6.79. The maximum atomic E-state index is 14.1. The lowest BCUT2D eigenvalue weighted by molar-refractivity contribution is -0.137. The third-order valence-electron chi connectivity index (χ3n) is 3.48.